The summed E-state index contributed by atoms with van der Waals surface area (Å²) >= 11 is 0. The number of carbonyl (C=O) groups excluding carboxylic acids is 1. The fourth-order valence-corrected chi connectivity index (χ4v) is 7.49. The number of unbranched alkanes of at least 4 members (excludes halogenated alkanes) is 27. The number of carboxylic acid groups (broad SMARTS) is 1. The van der Waals surface area contributed by atoms with Crippen molar-refractivity contribution in [2.24, 2.45) is 0 Å². The van der Waals surface area contributed by atoms with Gasteiger partial charge in [-0.3, -0.25) is 9.59 Å². The van der Waals surface area contributed by atoms with Crippen LogP contribution in [0.1, 0.15) is 259 Å². The minimum atomic E-state index is -0.844. The third-order valence-electron chi connectivity index (χ3n) is 10.9. The van der Waals surface area contributed by atoms with E-state index in [2.05, 4.69) is 33.0 Å². The van der Waals surface area contributed by atoms with Gasteiger partial charge in [0.05, 0.1) is 0 Å². The minimum absolute atomic E-state index is 0.00902. The normalized spacial score (nSPS) is 12.4. The highest BCUT2D eigenvalue weighted by Crippen LogP contribution is 2.34. The quantitative estimate of drug-likeness (QED) is 0.0489. The summed E-state index contributed by atoms with van der Waals surface area (Å²) in [5.41, 5.74) is -0.423. The van der Waals surface area contributed by atoms with Gasteiger partial charge < -0.3 is 15.2 Å². The van der Waals surface area contributed by atoms with Gasteiger partial charge in [0.15, 0.2) is 0 Å². The summed E-state index contributed by atoms with van der Waals surface area (Å²) in [5, 5.41) is 13.0. The molecule has 0 aliphatic carbocycles. The van der Waals surface area contributed by atoms with Crippen LogP contribution < -0.4 is 5.32 Å². The Labute approximate surface area is 313 Å². The largest absolute Gasteiger partial charge is 0.481 e. The maximum absolute atomic E-state index is 14.0. The number of ether oxygens (including phenoxy) is 1. The Hall–Kier alpha value is -1.10. The van der Waals surface area contributed by atoms with Crippen LogP contribution in [-0.2, 0) is 14.3 Å². The van der Waals surface area contributed by atoms with E-state index in [0.717, 1.165) is 57.9 Å². The Morgan fingerprint density at radius 1 is 0.480 bits per heavy atom. The molecule has 2 N–H and O–H groups in total. The molecule has 0 unspecified atom stereocenters. The van der Waals surface area contributed by atoms with Crippen LogP contribution in [0, 0.1) is 0 Å². The summed E-state index contributed by atoms with van der Waals surface area (Å²) < 4.78 is 6.72. The second-order valence-corrected chi connectivity index (χ2v) is 15.8. The van der Waals surface area contributed by atoms with E-state index in [0.29, 0.717) is 6.42 Å². The molecule has 50 heavy (non-hydrogen) atoms. The smallest absolute Gasteiger partial charge is 0.323 e. The van der Waals surface area contributed by atoms with Crippen LogP contribution in [-0.4, -0.2) is 35.2 Å². The SMILES string of the molecule is CCCCCCCCCCCCN[C@@H](CCC(=O)O)C(=O)OC(CCCCCCCC)(CCCCCCCC)CCCCCCCCCCC. The van der Waals surface area contributed by atoms with Crippen molar-refractivity contribution < 1.29 is 19.4 Å². The maximum atomic E-state index is 14.0. The van der Waals surface area contributed by atoms with Crippen LogP contribution in [0.5, 0.6) is 0 Å². The Kier molecular flexibility index (Phi) is 36.8. The fourth-order valence-electron chi connectivity index (χ4n) is 7.49. The number of hydrogen-bond acceptors (Lipinski definition) is 4. The van der Waals surface area contributed by atoms with E-state index in [1.165, 1.54) is 167 Å². The Morgan fingerprint density at radius 3 is 1.10 bits per heavy atom. The van der Waals surface area contributed by atoms with Crippen molar-refractivity contribution in [1.82, 2.24) is 5.32 Å². The molecule has 0 fully saturated rings. The molecule has 0 radical (unpaired) electrons. The summed E-state index contributed by atoms with van der Waals surface area (Å²) in [6.07, 6.45) is 42.3. The first-order valence-corrected chi connectivity index (χ1v) is 22.6. The second-order valence-electron chi connectivity index (χ2n) is 15.8. The highest BCUT2D eigenvalue weighted by atomic mass is 16.6. The summed E-state index contributed by atoms with van der Waals surface area (Å²) in [5.74, 6) is -1.05. The van der Waals surface area contributed by atoms with Gasteiger partial charge in [0.1, 0.15) is 11.6 Å². The zero-order valence-corrected chi connectivity index (χ0v) is 34.4. The lowest BCUT2D eigenvalue weighted by molar-refractivity contribution is -0.166. The predicted octanol–water partition coefficient (Wildman–Crippen LogP) is 14.4. The lowest BCUT2D eigenvalue weighted by Crippen LogP contribution is -2.45. The van der Waals surface area contributed by atoms with E-state index in [1.807, 2.05) is 0 Å². The van der Waals surface area contributed by atoms with Gasteiger partial charge in [-0.2, -0.15) is 0 Å². The van der Waals surface area contributed by atoms with Gasteiger partial charge in [-0.15, -0.1) is 0 Å². The minimum Gasteiger partial charge on any atom is -0.481 e. The molecule has 0 spiro atoms. The number of rotatable bonds is 41. The van der Waals surface area contributed by atoms with Crippen LogP contribution >= 0.6 is 0 Å². The van der Waals surface area contributed by atoms with Gasteiger partial charge in [-0.1, -0.05) is 201 Å². The molecule has 0 amide bonds. The number of aliphatic carboxylic acids is 1. The topological polar surface area (TPSA) is 75.6 Å². The molecule has 1 atom stereocenters. The Balaban J connectivity index is 5.41. The van der Waals surface area contributed by atoms with Gasteiger partial charge in [0, 0.05) is 6.42 Å². The summed E-state index contributed by atoms with van der Waals surface area (Å²) in [6.45, 7) is 9.82. The number of hydrogen-bond donors (Lipinski definition) is 2. The van der Waals surface area contributed by atoms with E-state index in [4.69, 9.17) is 4.74 Å². The molecule has 298 valence electrons. The first-order chi connectivity index (χ1) is 24.4. The van der Waals surface area contributed by atoms with Crippen molar-refractivity contribution in [3.63, 3.8) is 0 Å². The predicted molar refractivity (Wildman–Crippen MR) is 217 cm³/mol. The molecular formula is C45H89NO4. The molecule has 0 heterocycles. The standard InChI is InChI=1S/C45H89NO4/c1-5-9-13-17-21-23-25-27-31-35-41-46-42(36-37-43(47)48)44(49)50-45(38-32-28-19-15-11-7-3,39-33-29-20-16-12-8-4)40-34-30-26-24-22-18-14-10-6-2/h42,46H,5-41H2,1-4H3,(H,47,48)/t42-/m0/s1. The van der Waals surface area contributed by atoms with Gasteiger partial charge in [0.2, 0.25) is 0 Å². The number of carboxylic acids is 1. The summed E-state index contributed by atoms with van der Waals surface area (Å²) in [7, 11) is 0. The molecular weight excluding hydrogens is 618 g/mol. The monoisotopic (exact) mass is 708 g/mol. The van der Waals surface area contributed by atoms with E-state index >= 15 is 0 Å². The summed E-state index contributed by atoms with van der Waals surface area (Å²) in [4.78, 5) is 25.6. The van der Waals surface area contributed by atoms with Gasteiger partial charge >= 0.3 is 11.9 Å². The van der Waals surface area contributed by atoms with Crippen molar-refractivity contribution in [1.29, 1.82) is 0 Å². The highest BCUT2D eigenvalue weighted by molar-refractivity contribution is 5.77. The first-order valence-electron chi connectivity index (χ1n) is 22.6. The van der Waals surface area contributed by atoms with Crippen LogP contribution in [0.4, 0.5) is 0 Å². The first kappa shape index (κ1) is 48.9. The van der Waals surface area contributed by atoms with E-state index in [1.54, 1.807) is 0 Å². The lowest BCUT2D eigenvalue weighted by atomic mass is 9.84. The van der Waals surface area contributed by atoms with Crippen molar-refractivity contribution in [3.8, 4) is 0 Å². The molecule has 0 rings (SSSR count). The molecule has 0 bridgehead atoms. The Bertz CT molecular complexity index is 710. The zero-order valence-electron chi connectivity index (χ0n) is 34.4. The van der Waals surface area contributed by atoms with Crippen molar-refractivity contribution >= 4 is 11.9 Å². The van der Waals surface area contributed by atoms with Crippen LogP contribution in [0.3, 0.4) is 0 Å². The Morgan fingerprint density at radius 2 is 0.780 bits per heavy atom. The van der Waals surface area contributed by atoms with E-state index in [-0.39, 0.29) is 12.4 Å². The molecule has 0 aliphatic rings. The third-order valence-corrected chi connectivity index (χ3v) is 10.9. The average Bonchev–Trinajstić information content (AvgIpc) is 3.10. The van der Waals surface area contributed by atoms with Crippen molar-refractivity contribution in [2.75, 3.05) is 6.54 Å². The van der Waals surface area contributed by atoms with E-state index < -0.39 is 17.6 Å². The molecule has 5 heteroatoms. The molecule has 5 nitrogen and oxygen atoms in total. The number of carbonyl (C=O) groups is 2. The van der Waals surface area contributed by atoms with Gasteiger partial charge in [0.25, 0.3) is 0 Å². The highest BCUT2D eigenvalue weighted by Gasteiger charge is 2.35. The lowest BCUT2D eigenvalue weighted by Gasteiger charge is -2.36. The molecule has 0 aromatic rings. The second kappa shape index (κ2) is 37.7. The molecule has 0 aromatic carbocycles. The summed E-state index contributed by atoms with van der Waals surface area (Å²) in [6, 6.07) is -0.540. The molecule has 0 aliphatic heterocycles. The number of esters is 1. The van der Waals surface area contributed by atoms with E-state index in [9.17, 15) is 14.7 Å². The fraction of sp³-hybridized carbons (Fsp3) is 0.956. The van der Waals surface area contributed by atoms with Gasteiger partial charge in [-0.25, -0.2) is 0 Å². The van der Waals surface area contributed by atoms with Crippen LogP contribution in [0.15, 0.2) is 0 Å². The zero-order chi connectivity index (χ0) is 36.8. The van der Waals surface area contributed by atoms with Crippen LogP contribution in [0.2, 0.25) is 0 Å². The van der Waals surface area contributed by atoms with Crippen molar-refractivity contribution in [3.05, 3.63) is 0 Å². The molecule has 0 saturated heterocycles. The number of nitrogens with one attached hydrogen (secondary N) is 1. The molecule has 0 saturated carbocycles. The van der Waals surface area contributed by atoms with Gasteiger partial charge in [-0.05, 0) is 57.9 Å². The average molecular weight is 708 g/mol. The van der Waals surface area contributed by atoms with Crippen molar-refractivity contribution in [2.45, 2.75) is 270 Å². The third kappa shape index (κ3) is 31.6. The molecule has 0 aromatic heterocycles. The maximum Gasteiger partial charge on any atom is 0.323 e. The van der Waals surface area contributed by atoms with Crippen LogP contribution in [0.25, 0.3) is 0 Å².